The van der Waals surface area contributed by atoms with Crippen molar-refractivity contribution in [1.29, 1.82) is 0 Å². The van der Waals surface area contributed by atoms with Gasteiger partial charge >= 0.3 is 0 Å². The van der Waals surface area contributed by atoms with E-state index in [-0.39, 0.29) is 11.2 Å². The fraction of sp³-hybridized carbons (Fsp3) is 0.714. The van der Waals surface area contributed by atoms with Crippen LogP contribution in [0.25, 0.3) is 0 Å². The third kappa shape index (κ3) is 2.56. The summed E-state index contributed by atoms with van der Waals surface area (Å²) in [5.41, 5.74) is 1.52. The van der Waals surface area contributed by atoms with E-state index < -0.39 is 0 Å². The maximum atomic E-state index is 12.6. The van der Waals surface area contributed by atoms with Crippen molar-refractivity contribution in [3.63, 3.8) is 0 Å². The molecule has 0 amide bonds. The molecule has 2 rings (SSSR count). The van der Waals surface area contributed by atoms with Gasteiger partial charge in [-0.15, -0.1) is 0 Å². The molecular formula is C14H22ClN3O. The minimum absolute atomic E-state index is 0.208. The van der Waals surface area contributed by atoms with E-state index in [9.17, 15) is 4.79 Å². The Kier molecular flexibility index (Phi) is 4.31. The molecule has 0 aliphatic carbocycles. The zero-order chi connectivity index (χ0) is 14.0. The lowest BCUT2D eigenvalue weighted by atomic mass is 9.78. The van der Waals surface area contributed by atoms with Crippen LogP contribution in [-0.2, 0) is 24.7 Å². The molecule has 0 saturated carbocycles. The van der Waals surface area contributed by atoms with Crippen LogP contribution >= 0.6 is 11.6 Å². The van der Waals surface area contributed by atoms with Crippen LogP contribution in [0.4, 0.5) is 0 Å². The number of nitrogens with zero attached hydrogens (tertiary/aromatic N) is 2. The van der Waals surface area contributed by atoms with Crippen molar-refractivity contribution < 1.29 is 4.79 Å². The Morgan fingerprint density at radius 3 is 2.74 bits per heavy atom. The third-order valence-electron chi connectivity index (χ3n) is 4.34. The molecule has 5 heteroatoms. The van der Waals surface area contributed by atoms with Crippen molar-refractivity contribution in [2.75, 3.05) is 13.1 Å². The van der Waals surface area contributed by atoms with Gasteiger partial charge in [-0.1, -0.05) is 25.4 Å². The Bertz CT molecular complexity index is 475. The Balaban J connectivity index is 2.21. The molecule has 106 valence electrons. The maximum absolute atomic E-state index is 12.6. The number of aromatic nitrogens is 2. The molecule has 0 bridgehead atoms. The topological polar surface area (TPSA) is 46.9 Å². The third-order valence-corrected chi connectivity index (χ3v) is 4.78. The van der Waals surface area contributed by atoms with E-state index in [1.165, 1.54) is 0 Å². The zero-order valence-corrected chi connectivity index (χ0v) is 12.7. The molecule has 1 saturated heterocycles. The van der Waals surface area contributed by atoms with Gasteiger partial charge in [0.25, 0.3) is 0 Å². The molecule has 1 aliphatic rings. The van der Waals surface area contributed by atoms with Crippen LogP contribution in [0.1, 0.15) is 38.1 Å². The number of Topliss-reactive ketones (excluding diaryl/α,β-unsaturated/α-hetero) is 1. The smallest absolute Gasteiger partial charge is 0.146 e. The molecule has 1 aliphatic heterocycles. The molecule has 1 atom stereocenters. The van der Waals surface area contributed by atoms with Gasteiger partial charge in [-0.25, -0.2) is 0 Å². The van der Waals surface area contributed by atoms with Crippen molar-refractivity contribution >= 4 is 17.4 Å². The highest BCUT2D eigenvalue weighted by molar-refractivity contribution is 6.32. The van der Waals surface area contributed by atoms with Crippen molar-refractivity contribution in [2.45, 2.75) is 39.5 Å². The van der Waals surface area contributed by atoms with E-state index in [0.717, 1.165) is 43.7 Å². The van der Waals surface area contributed by atoms with Gasteiger partial charge in [0, 0.05) is 19.0 Å². The van der Waals surface area contributed by atoms with Gasteiger partial charge in [0.2, 0.25) is 0 Å². The van der Waals surface area contributed by atoms with Gasteiger partial charge in [-0.3, -0.25) is 9.48 Å². The summed E-state index contributed by atoms with van der Waals surface area (Å²) in [5, 5.41) is 8.34. The normalized spacial score (nSPS) is 22.9. The molecule has 1 aromatic heterocycles. The van der Waals surface area contributed by atoms with Crippen LogP contribution in [-0.4, -0.2) is 28.7 Å². The molecule has 19 heavy (non-hydrogen) atoms. The van der Waals surface area contributed by atoms with Crippen LogP contribution in [0.3, 0.4) is 0 Å². The molecule has 4 nitrogen and oxygen atoms in total. The van der Waals surface area contributed by atoms with E-state index in [2.05, 4.69) is 17.3 Å². The van der Waals surface area contributed by atoms with Crippen molar-refractivity contribution in [1.82, 2.24) is 15.1 Å². The lowest BCUT2D eigenvalue weighted by molar-refractivity contribution is -0.127. The SMILES string of the molecule is CCc1nn(C)c(CC(=O)C2(CC)CCNC2)c1Cl. The van der Waals surface area contributed by atoms with Gasteiger partial charge in [0.15, 0.2) is 0 Å². The highest BCUT2D eigenvalue weighted by atomic mass is 35.5. The number of carbonyl (C=O) groups is 1. The van der Waals surface area contributed by atoms with E-state index in [1.54, 1.807) is 4.68 Å². The molecule has 2 heterocycles. The average molecular weight is 284 g/mol. The van der Waals surface area contributed by atoms with E-state index >= 15 is 0 Å². The minimum atomic E-state index is -0.208. The second-order valence-corrected chi connectivity index (χ2v) is 5.72. The van der Waals surface area contributed by atoms with Gasteiger partial charge < -0.3 is 5.32 Å². The van der Waals surface area contributed by atoms with Crippen LogP contribution in [0.2, 0.25) is 5.02 Å². The number of carbonyl (C=O) groups excluding carboxylic acids is 1. The number of halogens is 1. The first-order chi connectivity index (χ1) is 9.04. The highest BCUT2D eigenvalue weighted by Gasteiger charge is 2.39. The lowest BCUT2D eigenvalue weighted by Crippen LogP contribution is -2.34. The molecular weight excluding hydrogens is 262 g/mol. The summed E-state index contributed by atoms with van der Waals surface area (Å²) >= 11 is 6.32. The van der Waals surface area contributed by atoms with Crippen LogP contribution in [0.15, 0.2) is 0 Å². The Morgan fingerprint density at radius 2 is 2.26 bits per heavy atom. The van der Waals surface area contributed by atoms with Crippen LogP contribution < -0.4 is 5.32 Å². The van der Waals surface area contributed by atoms with Gasteiger partial charge in [0.1, 0.15) is 5.78 Å². The summed E-state index contributed by atoms with van der Waals surface area (Å²) in [6, 6.07) is 0. The lowest BCUT2D eigenvalue weighted by Gasteiger charge is -2.24. The Hall–Kier alpha value is -0.870. The number of aryl methyl sites for hydroxylation is 2. The first-order valence-corrected chi connectivity index (χ1v) is 7.36. The predicted octanol–water partition coefficient (Wildman–Crippen LogP) is 2.14. The molecule has 0 radical (unpaired) electrons. The minimum Gasteiger partial charge on any atom is -0.316 e. The van der Waals surface area contributed by atoms with Crippen LogP contribution in [0, 0.1) is 5.41 Å². The van der Waals surface area contributed by atoms with Gasteiger partial charge in [-0.05, 0) is 25.8 Å². The van der Waals surface area contributed by atoms with Gasteiger partial charge in [-0.2, -0.15) is 5.10 Å². The summed E-state index contributed by atoms with van der Waals surface area (Å²) in [6.45, 7) is 5.83. The number of hydrogen-bond donors (Lipinski definition) is 1. The fourth-order valence-electron chi connectivity index (χ4n) is 2.83. The van der Waals surface area contributed by atoms with Crippen molar-refractivity contribution in [3.8, 4) is 0 Å². The Morgan fingerprint density at radius 1 is 1.53 bits per heavy atom. The molecule has 0 spiro atoms. The number of ketones is 1. The second-order valence-electron chi connectivity index (χ2n) is 5.35. The quantitative estimate of drug-likeness (QED) is 0.901. The first-order valence-electron chi connectivity index (χ1n) is 6.98. The molecule has 1 aromatic rings. The zero-order valence-electron chi connectivity index (χ0n) is 11.9. The predicted molar refractivity (Wildman–Crippen MR) is 76.5 cm³/mol. The van der Waals surface area contributed by atoms with E-state index in [1.807, 2.05) is 14.0 Å². The van der Waals surface area contributed by atoms with E-state index in [4.69, 9.17) is 11.6 Å². The number of rotatable bonds is 5. The monoisotopic (exact) mass is 283 g/mol. The summed E-state index contributed by atoms with van der Waals surface area (Å²) in [5.74, 6) is 0.285. The average Bonchev–Trinajstić information content (AvgIpc) is 2.99. The molecule has 1 fully saturated rings. The van der Waals surface area contributed by atoms with E-state index in [0.29, 0.717) is 11.4 Å². The van der Waals surface area contributed by atoms with Gasteiger partial charge in [0.05, 0.1) is 22.8 Å². The number of hydrogen-bond acceptors (Lipinski definition) is 3. The highest BCUT2D eigenvalue weighted by Crippen LogP contribution is 2.33. The summed E-state index contributed by atoms with van der Waals surface area (Å²) in [4.78, 5) is 12.6. The second kappa shape index (κ2) is 5.63. The first kappa shape index (κ1) is 14.5. The van der Waals surface area contributed by atoms with Crippen molar-refractivity contribution in [3.05, 3.63) is 16.4 Å². The van der Waals surface area contributed by atoms with Crippen LogP contribution in [0.5, 0.6) is 0 Å². The fourth-order valence-corrected chi connectivity index (χ4v) is 3.19. The van der Waals surface area contributed by atoms with Crippen molar-refractivity contribution in [2.24, 2.45) is 12.5 Å². The largest absolute Gasteiger partial charge is 0.316 e. The molecule has 1 unspecified atom stereocenters. The Labute approximate surface area is 119 Å². The molecule has 1 N–H and O–H groups in total. The summed E-state index contributed by atoms with van der Waals surface area (Å²) < 4.78 is 1.75. The standard InChI is InChI=1S/C14H22ClN3O/c1-4-10-13(15)11(18(3)17-10)8-12(19)14(5-2)6-7-16-9-14/h16H,4-9H2,1-3H3. The summed E-state index contributed by atoms with van der Waals surface area (Å²) in [6.07, 6.45) is 2.99. The molecule has 0 aromatic carbocycles. The summed E-state index contributed by atoms with van der Waals surface area (Å²) in [7, 11) is 1.86. The number of nitrogens with one attached hydrogen (secondary N) is 1. The maximum Gasteiger partial charge on any atom is 0.146 e.